The predicted molar refractivity (Wildman–Crippen MR) is 84.1 cm³/mol. The highest BCUT2D eigenvalue weighted by atomic mass is 19.1. The minimum Gasteiger partial charge on any atom is -0.491 e. The van der Waals surface area contributed by atoms with Crippen molar-refractivity contribution in [2.45, 2.75) is 39.8 Å². The lowest BCUT2D eigenvalue weighted by atomic mass is 9.94. The molecule has 0 aliphatic carbocycles. The third-order valence-corrected chi connectivity index (χ3v) is 3.38. The second-order valence-corrected chi connectivity index (χ2v) is 5.69. The Morgan fingerprint density at radius 3 is 2.43 bits per heavy atom. The largest absolute Gasteiger partial charge is 0.491 e. The van der Waals surface area contributed by atoms with Gasteiger partial charge in [0, 0.05) is 5.56 Å². The third kappa shape index (κ3) is 3.61. The van der Waals surface area contributed by atoms with E-state index in [1.807, 2.05) is 58.0 Å². The van der Waals surface area contributed by atoms with Crippen LogP contribution in [0.5, 0.6) is 5.75 Å². The molecule has 0 aromatic heterocycles. The van der Waals surface area contributed by atoms with Gasteiger partial charge in [-0.25, -0.2) is 4.39 Å². The molecule has 0 bridgehead atoms. The number of aryl methyl sites for hydroxylation is 2. The van der Waals surface area contributed by atoms with E-state index >= 15 is 0 Å². The number of ether oxygens (including phenoxy) is 1. The zero-order chi connectivity index (χ0) is 15.6. The SMILES string of the molecule is Cc1cc(C)c(C(N)c2cccc(OC(C)C)c2)c(F)c1. The molecule has 0 aliphatic rings. The Hall–Kier alpha value is -1.87. The molecule has 1 atom stereocenters. The number of nitrogens with two attached hydrogens (primary N) is 1. The highest BCUT2D eigenvalue weighted by molar-refractivity contribution is 5.41. The van der Waals surface area contributed by atoms with Gasteiger partial charge in [0.2, 0.25) is 0 Å². The zero-order valence-corrected chi connectivity index (χ0v) is 13.0. The Kier molecular flexibility index (Phi) is 4.63. The molecule has 2 aromatic rings. The fraction of sp³-hybridized carbons (Fsp3) is 0.333. The Morgan fingerprint density at radius 2 is 1.81 bits per heavy atom. The molecule has 21 heavy (non-hydrogen) atoms. The summed E-state index contributed by atoms with van der Waals surface area (Å²) in [5.41, 5.74) is 9.43. The molecule has 0 saturated heterocycles. The van der Waals surface area contributed by atoms with Crippen LogP contribution in [-0.2, 0) is 0 Å². The fourth-order valence-corrected chi connectivity index (χ4v) is 2.54. The number of hydrogen-bond donors (Lipinski definition) is 1. The summed E-state index contributed by atoms with van der Waals surface area (Å²) in [4.78, 5) is 0. The van der Waals surface area contributed by atoms with E-state index in [4.69, 9.17) is 10.5 Å². The minimum atomic E-state index is -0.499. The number of hydrogen-bond acceptors (Lipinski definition) is 2. The van der Waals surface area contributed by atoms with Crippen LogP contribution in [0, 0.1) is 19.7 Å². The Balaban J connectivity index is 2.38. The van der Waals surface area contributed by atoms with Gasteiger partial charge in [-0.05, 0) is 62.6 Å². The summed E-state index contributed by atoms with van der Waals surface area (Å²) in [5, 5.41) is 0. The van der Waals surface area contributed by atoms with Gasteiger partial charge in [-0.3, -0.25) is 0 Å². The van der Waals surface area contributed by atoms with Crippen molar-refractivity contribution in [3.63, 3.8) is 0 Å². The van der Waals surface area contributed by atoms with E-state index in [9.17, 15) is 4.39 Å². The van der Waals surface area contributed by atoms with Crippen LogP contribution in [0.15, 0.2) is 36.4 Å². The zero-order valence-electron chi connectivity index (χ0n) is 13.0. The lowest BCUT2D eigenvalue weighted by Gasteiger charge is -2.18. The first kappa shape index (κ1) is 15.5. The van der Waals surface area contributed by atoms with E-state index in [1.54, 1.807) is 0 Å². The van der Waals surface area contributed by atoms with Gasteiger partial charge in [0.05, 0.1) is 12.1 Å². The average molecular weight is 287 g/mol. The smallest absolute Gasteiger partial charge is 0.128 e. The van der Waals surface area contributed by atoms with Gasteiger partial charge in [0.15, 0.2) is 0 Å². The van der Waals surface area contributed by atoms with Crippen molar-refractivity contribution < 1.29 is 9.13 Å². The van der Waals surface area contributed by atoms with Gasteiger partial charge in [0.1, 0.15) is 11.6 Å². The van der Waals surface area contributed by atoms with Crippen molar-refractivity contribution in [2.75, 3.05) is 0 Å². The molecule has 0 fully saturated rings. The van der Waals surface area contributed by atoms with Crippen LogP contribution in [0.1, 0.15) is 42.1 Å². The van der Waals surface area contributed by atoms with Gasteiger partial charge in [0.25, 0.3) is 0 Å². The predicted octanol–water partition coefficient (Wildman–Crippen LogP) is 4.28. The minimum absolute atomic E-state index is 0.0920. The van der Waals surface area contributed by atoms with E-state index in [-0.39, 0.29) is 11.9 Å². The number of benzene rings is 2. The van der Waals surface area contributed by atoms with Crippen molar-refractivity contribution in [1.29, 1.82) is 0 Å². The summed E-state index contributed by atoms with van der Waals surface area (Å²) in [6.07, 6.45) is 0.0920. The summed E-state index contributed by atoms with van der Waals surface area (Å²) in [5.74, 6) is 0.498. The van der Waals surface area contributed by atoms with Crippen molar-refractivity contribution in [3.05, 3.63) is 64.5 Å². The van der Waals surface area contributed by atoms with Crippen LogP contribution >= 0.6 is 0 Å². The van der Waals surface area contributed by atoms with Crippen molar-refractivity contribution in [3.8, 4) is 5.75 Å². The second-order valence-electron chi connectivity index (χ2n) is 5.69. The Labute approximate surface area is 125 Å². The second kappa shape index (κ2) is 6.27. The molecular weight excluding hydrogens is 265 g/mol. The molecule has 0 saturated carbocycles. The summed E-state index contributed by atoms with van der Waals surface area (Å²) in [6.45, 7) is 7.70. The highest BCUT2D eigenvalue weighted by Crippen LogP contribution is 2.28. The van der Waals surface area contributed by atoms with Crippen LogP contribution in [-0.4, -0.2) is 6.10 Å². The first-order valence-corrected chi connectivity index (χ1v) is 7.17. The van der Waals surface area contributed by atoms with Crippen molar-refractivity contribution in [1.82, 2.24) is 0 Å². The summed E-state index contributed by atoms with van der Waals surface area (Å²) < 4.78 is 19.9. The van der Waals surface area contributed by atoms with Gasteiger partial charge < -0.3 is 10.5 Å². The highest BCUT2D eigenvalue weighted by Gasteiger charge is 2.17. The molecule has 0 aliphatic heterocycles. The van der Waals surface area contributed by atoms with Crippen LogP contribution in [0.3, 0.4) is 0 Å². The summed E-state index contributed by atoms with van der Waals surface area (Å²) in [6, 6.07) is 10.5. The molecule has 0 spiro atoms. The third-order valence-electron chi connectivity index (χ3n) is 3.38. The maximum atomic E-state index is 14.2. The van der Waals surface area contributed by atoms with Crippen LogP contribution in [0.25, 0.3) is 0 Å². The molecule has 2 nitrogen and oxygen atoms in total. The van der Waals surface area contributed by atoms with Crippen LogP contribution in [0.2, 0.25) is 0 Å². The first-order valence-electron chi connectivity index (χ1n) is 7.17. The van der Waals surface area contributed by atoms with Crippen LogP contribution < -0.4 is 10.5 Å². The van der Waals surface area contributed by atoms with Gasteiger partial charge in [-0.2, -0.15) is 0 Å². The molecule has 0 heterocycles. The topological polar surface area (TPSA) is 35.2 Å². The lowest BCUT2D eigenvalue weighted by molar-refractivity contribution is 0.242. The molecule has 112 valence electrons. The molecular formula is C18H22FNO. The molecule has 1 unspecified atom stereocenters. The van der Waals surface area contributed by atoms with Crippen molar-refractivity contribution >= 4 is 0 Å². The van der Waals surface area contributed by atoms with E-state index in [0.717, 1.165) is 22.4 Å². The number of halogens is 1. The van der Waals surface area contributed by atoms with Gasteiger partial charge in [-0.1, -0.05) is 18.2 Å². The fourth-order valence-electron chi connectivity index (χ4n) is 2.54. The Morgan fingerprint density at radius 1 is 1.10 bits per heavy atom. The average Bonchev–Trinajstić information content (AvgIpc) is 2.36. The van der Waals surface area contributed by atoms with E-state index in [1.165, 1.54) is 6.07 Å². The molecule has 0 radical (unpaired) electrons. The van der Waals surface area contributed by atoms with Crippen molar-refractivity contribution in [2.24, 2.45) is 5.73 Å². The standard InChI is InChI=1S/C18H22FNO/c1-11(2)21-15-7-5-6-14(10-15)18(20)17-13(4)8-12(3)9-16(17)19/h5-11,18H,20H2,1-4H3. The molecule has 2 rings (SSSR count). The normalized spacial score (nSPS) is 12.5. The van der Waals surface area contributed by atoms with Crippen LogP contribution in [0.4, 0.5) is 4.39 Å². The molecule has 0 amide bonds. The van der Waals surface area contributed by atoms with Gasteiger partial charge >= 0.3 is 0 Å². The number of rotatable bonds is 4. The quantitative estimate of drug-likeness (QED) is 0.911. The van der Waals surface area contributed by atoms with E-state index in [0.29, 0.717) is 5.56 Å². The molecule has 3 heteroatoms. The first-order chi connectivity index (χ1) is 9.88. The molecule has 2 N–H and O–H groups in total. The lowest BCUT2D eigenvalue weighted by Crippen LogP contribution is -2.16. The maximum Gasteiger partial charge on any atom is 0.128 e. The molecule has 2 aromatic carbocycles. The Bertz CT molecular complexity index is 614. The summed E-state index contributed by atoms with van der Waals surface area (Å²) >= 11 is 0. The maximum absolute atomic E-state index is 14.2. The van der Waals surface area contributed by atoms with Gasteiger partial charge in [-0.15, -0.1) is 0 Å². The summed E-state index contributed by atoms with van der Waals surface area (Å²) in [7, 11) is 0. The van der Waals surface area contributed by atoms with E-state index in [2.05, 4.69) is 0 Å². The van der Waals surface area contributed by atoms with E-state index < -0.39 is 6.04 Å². The monoisotopic (exact) mass is 287 g/mol.